The first-order valence-corrected chi connectivity index (χ1v) is 9.92. The number of halogens is 1. The fraction of sp³-hybridized carbons (Fsp3) is 0.368. The van der Waals surface area contributed by atoms with Crippen LogP contribution in [0.2, 0.25) is 0 Å². The molecule has 2 aromatic heterocycles. The minimum absolute atomic E-state index is 0.0643. The molecule has 3 aromatic rings. The van der Waals surface area contributed by atoms with E-state index in [2.05, 4.69) is 15.4 Å². The Hall–Kier alpha value is -2.68. The van der Waals surface area contributed by atoms with Crippen LogP contribution >= 0.6 is 11.8 Å². The molecule has 0 saturated carbocycles. The van der Waals surface area contributed by atoms with Crippen LogP contribution in [0.25, 0.3) is 11.0 Å². The molecule has 1 amide bonds. The number of hydrogen-bond donors (Lipinski definition) is 1. The Morgan fingerprint density at radius 1 is 1.36 bits per heavy atom. The van der Waals surface area contributed by atoms with Gasteiger partial charge in [0.2, 0.25) is 5.91 Å². The first-order chi connectivity index (χ1) is 13.3. The third-order valence-electron chi connectivity index (χ3n) is 4.58. The fourth-order valence-electron chi connectivity index (χ4n) is 3.25. The number of fused-ring (bicyclic) bond motifs is 2. The molecule has 1 atom stereocenters. The van der Waals surface area contributed by atoms with Gasteiger partial charge in [-0.05, 0) is 32.9 Å². The second kappa shape index (κ2) is 6.73. The van der Waals surface area contributed by atoms with Crippen molar-refractivity contribution >= 4 is 34.4 Å². The van der Waals surface area contributed by atoms with E-state index in [4.69, 9.17) is 0 Å². The number of nitrogens with one attached hydrogen (secondary N) is 1. The van der Waals surface area contributed by atoms with Gasteiger partial charge in [0, 0.05) is 12.2 Å². The summed E-state index contributed by atoms with van der Waals surface area (Å²) in [5.41, 5.74) is 0.172. The van der Waals surface area contributed by atoms with Gasteiger partial charge in [0.05, 0.1) is 23.5 Å². The number of benzene rings is 1. The van der Waals surface area contributed by atoms with Crippen molar-refractivity contribution in [1.82, 2.24) is 19.3 Å². The molecular weight excluding hydrogens is 381 g/mol. The molecule has 1 unspecified atom stereocenters. The summed E-state index contributed by atoms with van der Waals surface area (Å²) in [4.78, 5) is 30.1. The predicted octanol–water partition coefficient (Wildman–Crippen LogP) is 3.16. The van der Waals surface area contributed by atoms with E-state index in [9.17, 15) is 14.0 Å². The number of anilines is 1. The minimum Gasteiger partial charge on any atom is -0.324 e. The summed E-state index contributed by atoms with van der Waals surface area (Å²) in [6, 6.07) is 5.66. The van der Waals surface area contributed by atoms with Gasteiger partial charge < -0.3 is 5.32 Å². The van der Waals surface area contributed by atoms with Gasteiger partial charge in [-0.25, -0.2) is 14.1 Å². The molecule has 1 N–H and O–H groups in total. The van der Waals surface area contributed by atoms with Crippen LogP contribution in [0.3, 0.4) is 0 Å². The average molecular weight is 401 g/mol. The molecule has 1 aliphatic heterocycles. The second-order valence-corrected chi connectivity index (χ2v) is 8.72. The zero-order valence-electron chi connectivity index (χ0n) is 15.8. The highest BCUT2D eigenvalue weighted by Gasteiger charge is 2.30. The Morgan fingerprint density at radius 3 is 2.82 bits per heavy atom. The number of thioether (sulfide) groups is 1. The van der Waals surface area contributed by atoms with Crippen LogP contribution in [-0.4, -0.2) is 31.0 Å². The van der Waals surface area contributed by atoms with E-state index >= 15 is 0 Å². The molecule has 0 aliphatic carbocycles. The molecule has 0 radical (unpaired) electrons. The molecule has 4 rings (SSSR count). The lowest BCUT2D eigenvalue weighted by Gasteiger charge is -2.20. The Bertz CT molecular complexity index is 1130. The zero-order chi connectivity index (χ0) is 20.1. The molecule has 1 aromatic carbocycles. The summed E-state index contributed by atoms with van der Waals surface area (Å²) in [6.45, 7) is 5.99. The Morgan fingerprint density at radius 2 is 2.11 bits per heavy atom. The predicted molar refractivity (Wildman–Crippen MR) is 106 cm³/mol. The molecule has 28 heavy (non-hydrogen) atoms. The van der Waals surface area contributed by atoms with Gasteiger partial charge in [-0.2, -0.15) is 5.10 Å². The quantitative estimate of drug-likeness (QED) is 0.682. The van der Waals surface area contributed by atoms with Crippen LogP contribution in [0.15, 0.2) is 40.4 Å². The summed E-state index contributed by atoms with van der Waals surface area (Å²) < 4.78 is 17.0. The van der Waals surface area contributed by atoms with Gasteiger partial charge >= 0.3 is 0 Å². The highest BCUT2D eigenvalue weighted by Crippen LogP contribution is 2.34. The number of hydrogen-bond acceptors (Lipinski definition) is 5. The minimum atomic E-state index is -0.493. The Labute approximate surface area is 165 Å². The lowest BCUT2D eigenvalue weighted by Crippen LogP contribution is -2.29. The number of carbonyl (C=O) groups is 1. The summed E-state index contributed by atoms with van der Waals surface area (Å²) in [7, 11) is 0. The first kappa shape index (κ1) is 18.7. The van der Waals surface area contributed by atoms with Crippen LogP contribution in [0.1, 0.15) is 33.2 Å². The Balaban J connectivity index is 1.63. The van der Waals surface area contributed by atoms with E-state index < -0.39 is 5.82 Å². The van der Waals surface area contributed by atoms with E-state index in [0.29, 0.717) is 21.9 Å². The number of rotatable bonds is 3. The Kier molecular flexibility index (Phi) is 4.49. The summed E-state index contributed by atoms with van der Waals surface area (Å²) >= 11 is 1.44. The van der Waals surface area contributed by atoms with Gasteiger partial charge in [-0.1, -0.05) is 23.9 Å². The van der Waals surface area contributed by atoms with Gasteiger partial charge in [-0.3, -0.25) is 14.2 Å². The molecule has 0 fully saturated rings. The maximum Gasteiger partial charge on any atom is 0.265 e. The van der Waals surface area contributed by atoms with Gasteiger partial charge in [0.25, 0.3) is 5.56 Å². The number of amides is 1. The third kappa shape index (κ3) is 3.19. The molecule has 0 spiro atoms. The normalized spacial score (nSPS) is 16.4. The average Bonchev–Trinajstić information content (AvgIpc) is 3.22. The third-order valence-corrected chi connectivity index (χ3v) is 5.67. The topological polar surface area (TPSA) is 81.8 Å². The summed E-state index contributed by atoms with van der Waals surface area (Å²) in [5, 5.41) is 7.91. The molecule has 3 heterocycles. The van der Waals surface area contributed by atoms with Gasteiger partial charge in [-0.15, -0.1) is 0 Å². The largest absolute Gasteiger partial charge is 0.324 e. The van der Waals surface area contributed by atoms with Crippen molar-refractivity contribution in [2.24, 2.45) is 0 Å². The highest BCUT2D eigenvalue weighted by molar-refractivity contribution is 7.99. The fourth-order valence-corrected chi connectivity index (χ4v) is 4.38. The van der Waals surface area contributed by atoms with E-state index in [1.807, 2.05) is 20.8 Å². The van der Waals surface area contributed by atoms with E-state index in [-0.39, 0.29) is 35.2 Å². The highest BCUT2D eigenvalue weighted by atomic mass is 32.2. The molecule has 146 valence electrons. The van der Waals surface area contributed by atoms with Crippen molar-refractivity contribution in [3.8, 4) is 0 Å². The van der Waals surface area contributed by atoms with Crippen molar-refractivity contribution in [2.45, 2.75) is 43.9 Å². The molecule has 9 heteroatoms. The van der Waals surface area contributed by atoms with Crippen molar-refractivity contribution in [1.29, 1.82) is 0 Å². The lowest BCUT2D eigenvalue weighted by molar-refractivity contribution is -0.116. The van der Waals surface area contributed by atoms with Crippen LogP contribution < -0.4 is 10.9 Å². The second-order valence-electron chi connectivity index (χ2n) is 7.73. The number of para-hydroxylation sites is 1. The van der Waals surface area contributed by atoms with Crippen molar-refractivity contribution in [3.05, 3.63) is 46.6 Å². The molecule has 0 saturated heterocycles. The first-order valence-electron chi connectivity index (χ1n) is 8.93. The molecule has 1 aliphatic rings. The van der Waals surface area contributed by atoms with Gasteiger partial charge in [0.15, 0.2) is 10.8 Å². The number of nitrogens with zero attached hydrogens (tertiary/aromatic N) is 4. The summed E-state index contributed by atoms with van der Waals surface area (Å²) in [6.07, 6.45) is 1.59. The van der Waals surface area contributed by atoms with Crippen LogP contribution in [0, 0.1) is 5.82 Å². The van der Waals surface area contributed by atoms with E-state index in [1.54, 1.807) is 21.4 Å². The molecular formula is C19H20FN5O2S. The number of carbonyl (C=O) groups excluding carboxylic acids is 1. The van der Waals surface area contributed by atoms with E-state index in [1.165, 1.54) is 30.1 Å². The van der Waals surface area contributed by atoms with Crippen molar-refractivity contribution in [3.63, 3.8) is 0 Å². The lowest BCUT2D eigenvalue weighted by atomic mass is 10.1. The van der Waals surface area contributed by atoms with E-state index in [0.717, 1.165) is 0 Å². The zero-order valence-corrected chi connectivity index (χ0v) is 16.6. The summed E-state index contributed by atoms with van der Waals surface area (Å²) in [5.74, 6) is -0.282. The standard InChI is InChI=1S/C19H20FN5O2S/c1-19(2,3)25-16-12(9-21-25)17(27)24-11(10-28-18(24)23-16)8-15(26)22-14-7-5-4-6-13(14)20/h4-7,9,11H,8,10H2,1-3H3,(H,22,26). The van der Waals surface area contributed by atoms with Crippen molar-refractivity contribution < 1.29 is 9.18 Å². The monoisotopic (exact) mass is 401 g/mol. The van der Waals surface area contributed by atoms with Crippen LogP contribution in [-0.2, 0) is 10.3 Å². The van der Waals surface area contributed by atoms with Crippen LogP contribution in [0.4, 0.5) is 10.1 Å². The van der Waals surface area contributed by atoms with Crippen molar-refractivity contribution in [2.75, 3.05) is 11.1 Å². The maximum atomic E-state index is 13.7. The SMILES string of the molecule is CC(C)(C)n1ncc2c(=O)n3c(nc21)SCC3CC(=O)Nc1ccccc1F. The maximum absolute atomic E-state index is 13.7. The van der Waals surface area contributed by atoms with Gasteiger partial charge in [0.1, 0.15) is 11.2 Å². The smallest absolute Gasteiger partial charge is 0.265 e. The molecule has 0 bridgehead atoms. The molecule has 7 nitrogen and oxygen atoms in total. The number of aromatic nitrogens is 4. The van der Waals surface area contributed by atoms with Crippen LogP contribution in [0.5, 0.6) is 0 Å².